The zero-order valence-electron chi connectivity index (χ0n) is 14.8. The molecule has 2 aromatic carbocycles. The van der Waals surface area contributed by atoms with Crippen molar-refractivity contribution in [1.82, 2.24) is 5.32 Å². The molecule has 2 aromatic rings. The molecule has 0 aromatic heterocycles. The number of hydrogen-bond acceptors (Lipinski definition) is 5. The van der Waals surface area contributed by atoms with Crippen LogP contribution in [-0.2, 0) is 0 Å². The number of rotatable bonds is 7. The predicted molar refractivity (Wildman–Crippen MR) is 110 cm³/mol. The smallest absolute Gasteiger partial charge is 0.292 e. The molecule has 0 unspecified atom stereocenters. The number of hydrogen-bond donors (Lipinski definition) is 2. The molecule has 0 atom stereocenters. The summed E-state index contributed by atoms with van der Waals surface area (Å²) in [4.78, 5) is 25.3. The molecule has 1 aliphatic rings. The third-order valence-electron chi connectivity index (χ3n) is 4.46. The van der Waals surface area contributed by atoms with Crippen LogP contribution in [-0.4, -0.2) is 37.0 Å². The number of nitro groups is 1. The molecule has 0 bridgehead atoms. The highest BCUT2D eigenvalue weighted by Crippen LogP contribution is 2.30. The van der Waals surface area contributed by atoms with Gasteiger partial charge in [0.15, 0.2) is 0 Å². The Morgan fingerprint density at radius 2 is 1.93 bits per heavy atom. The molecular weight excluding hydrogens is 412 g/mol. The number of nitrogens with one attached hydrogen (secondary N) is 2. The molecule has 3 rings (SSSR count). The first kappa shape index (κ1) is 19.2. The second-order valence-corrected chi connectivity index (χ2v) is 7.26. The first-order chi connectivity index (χ1) is 13.0. The van der Waals surface area contributed by atoms with E-state index in [4.69, 9.17) is 0 Å². The van der Waals surface area contributed by atoms with Gasteiger partial charge in [0.25, 0.3) is 11.6 Å². The summed E-state index contributed by atoms with van der Waals surface area (Å²) in [6, 6.07) is 12.3. The van der Waals surface area contributed by atoms with Crippen LogP contribution in [0.3, 0.4) is 0 Å². The minimum Gasteiger partial charge on any atom is -0.378 e. The number of nitrogens with zero attached hydrogens (tertiary/aromatic N) is 2. The molecule has 142 valence electrons. The SMILES string of the molecule is O=C(NCCNc1cc(N2CCCC2)ccc1[N+](=O)[O-])c1cccc(Br)c1. The molecule has 0 aliphatic carbocycles. The van der Waals surface area contributed by atoms with Crippen LogP contribution in [0.4, 0.5) is 17.1 Å². The lowest BCUT2D eigenvalue weighted by Crippen LogP contribution is -2.28. The Labute approximate surface area is 166 Å². The van der Waals surface area contributed by atoms with Crippen LogP contribution < -0.4 is 15.5 Å². The monoisotopic (exact) mass is 432 g/mol. The Kier molecular flexibility index (Phi) is 6.28. The summed E-state index contributed by atoms with van der Waals surface area (Å²) < 4.78 is 0.836. The number of halogens is 1. The molecular formula is C19H21BrN4O3. The average molecular weight is 433 g/mol. The van der Waals surface area contributed by atoms with Gasteiger partial charge in [0.1, 0.15) is 5.69 Å². The van der Waals surface area contributed by atoms with Crippen LogP contribution in [0.5, 0.6) is 0 Å². The number of carbonyl (C=O) groups is 1. The highest BCUT2D eigenvalue weighted by molar-refractivity contribution is 9.10. The summed E-state index contributed by atoms with van der Waals surface area (Å²) in [7, 11) is 0. The maximum absolute atomic E-state index is 12.1. The first-order valence-corrected chi connectivity index (χ1v) is 9.65. The van der Waals surface area contributed by atoms with Gasteiger partial charge in [0.05, 0.1) is 4.92 Å². The maximum Gasteiger partial charge on any atom is 0.292 e. The van der Waals surface area contributed by atoms with Crippen LogP contribution in [0.1, 0.15) is 23.2 Å². The third-order valence-corrected chi connectivity index (χ3v) is 4.95. The molecule has 1 amide bonds. The van der Waals surface area contributed by atoms with Crippen molar-refractivity contribution in [2.45, 2.75) is 12.8 Å². The van der Waals surface area contributed by atoms with E-state index in [1.54, 1.807) is 24.3 Å². The van der Waals surface area contributed by atoms with Gasteiger partial charge in [-0.15, -0.1) is 0 Å². The number of carbonyl (C=O) groups excluding carboxylic acids is 1. The van der Waals surface area contributed by atoms with Gasteiger partial charge in [-0.1, -0.05) is 22.0 Å². The Morgan fingerprint density at radius 3 is 2.63 bits per heavy atom. The van der Waals surface area contributed by atoms with Crippen molar-refractivity contribution < 1.29 is 9.72 Å². The Hall–Kier alpha value is -2.61. The number of benzene rings is 2. The highest BCUT2D eigenvalue weighted by Gasteiger charge is 2.18. The van der Waals surface area contributed by atoms with Gasteiger partial charge in [-0.05, 0) is 43.2 Å². The van der Waals surface area contributed by atoms with Crippen LogP contribution in [0, 0.1) is 10.1 Å². The molecule has 1 aliphatic heterocycles. The number of nitro benzene ring substituents is 1. The lowest BCUT2D eigenvalue weighted by atomic mass is 10.2. The van der Waals surface area contributed by atoms with Crippen molar-refractivity contribution in [3.05, 3.63) is 62.6 Å². The van der Waals surface area contributed by atoms with Crippen LogP contribution in [0.15, 0.2) is 46.9 Å². The largest absolute Gasteiger partial charge is 0.378 e. The summed E-state index contributed by atoms with van der Waals surface area (Å²) in [6.45, 7) is 2.69. The highest BCUT2D eigenvalue weighted by atomic mass is 79.9. The van der Waals surface area contributed by atoms with Crippen molar-refractivity contribution in [2.75, 3.05) is 36.4 Å². The van der Waals surface area contributed by atoms with Gasteiger partial charge in [0.2, 0.25) is 0 Å². The van der Waals surface area contributed by atoms with E-state index in [-0.39, 0.29) is 11.6 Å². The van der Waals surface area contributed by atoms with Crippen LogP contribution in [0.2, 0.25) is 0 Å². The standard InChI is InChI=1S/C19H21BrN4O3/c20-15-5-3-4-14(12-15)19(25)22-9-8-21-17-13-16(23-10-1-2-11-23)6-7-18(17)24(26)27/h3-7,12-13,21H,1-2,8-11H2,(H,22,25). The fourth-order valence-corrected chi connectivity index (χ4v) is 3.50. The second kappa shape index (κ2) is 8.85. The van der Waals surface area contributed by atoms with Crippen molar-refractivity contribution in [1.29, 1.82) is 0 Å². The minimum atomic E-state index is -0.393. The fraction of sp³-hybridized carbons (Fsp3) is 0.316. The van der Waals surface area contributed by atoms with Crippen LogP contribution >= 0.6 is 15.9 Å². The molecule has 0 spiro atoms. The van der Waals surface area contributed by atoms with E-state index < -0.39 is 4.92 Å². The molecule has 8 heteroatoms. The molecule has 2 N–H and O–H groups in total. The summed E-state index contributed by atoms with van der Waals surface area (Å²) in [6.07, 6.45) is 2.28. The molecule has 27 heavy (non-hydrogen) atoms. The summed E-state index contributed by atoms with van der Waals surface area (Å²) in [5.74, 6) is -0.182. The van der Waals surface area contributed by atoms with Crippen molar-refractivity contribution in [2.24, 2.45) is 0 Å². The van der Waals surface area contributed by atoms with E-state index in [9.17, 15) is 14.9 Å². The molecule has 1 fully saturated rings. The topological polar surface area (TPSA) is 87.5 Å². The van der Waals surface area contributed by atoms with E-state index in [0.717, 1.165) is 36.1 Å². The molecule has 7 nitrogen and oxygen atoms in total. The zero-order chi connectivity index (χ0) is 19.2. The van der Waals surface area contributed by atoms with Gasteiger partial charge in [0, 0.05) is 48.0 Å². The third kappa shape index (κ3) is 4.97. The second-order valence-electron chi connectivity index (χ2n) is 6.35. The predicted octanol–water partition coefficient (Wildman–Crippen LogP) is 3.80. The van der Waals surface area contributed by atoms with Gasteiger partial charge in [-0.2, -0.15) is 0 Å². The van der Waals surface area contributed by atoms with E-state index >= 15 is 0 Å². The van der Waals surface area contributed by atoms with Crippen molar-refractivity contribution >= 4 is 38.9 Å². The van der Waals surface area contributed by atoms with E-state index in [2.05, 4.69) is 31.5 Å². The quantitative estimate of drug-likeness (QED) is 0.394. The lowest BCUT2D eigenvalue weighted by molar-refractivity contribution is -0.383. The average Bonchev–Trinajstić information content (AvgIpc) is 3.19. The normalized spacial score (nSPS) is 13.4. The Bertz CT molecular complexity index is 837. The van der Waals surface area contributed by atoms with Crippen molar-refractivity contribution in [3.8, 4) is 0 Å². The van der Waals surface area contributed by atoms with Gasteiger partial charge >= 0.3 is 0 Å². The van der Waals surface area contributed by atoms with Gasteiger partial charge in [-0.25, -0.2) is 0 Å². The minimum absolute atomic E-state index is 0.0382. The summed E-state index contributed by atoms with van der Waals surface area (Å²) >= 11 is 3.34. The zero-order valence-corrected chi connectivity index (χ0v) is 16.4. The van der Waals surface area contributed by atoms with E-state index in [1.807, 2.05) is 12.1 Å². The lowest BCUT2D eigenvalue weighted by Gasteiger charge is -2.19. The number of anilines is 2. The van der Waals surface area contributed by atoms with E-state index in [1.165, 1.54) is 6.07 Å². The van der Waals surface area contributed by atoms with Gasteiger partial charge in [-0.3, -0.25) is 14.9 Å². The molecule has 0 saturated carbocycles. The Morgan fingerprint density at radius 1 is 1.15 bits per heavy atom. The van der Waals surface area contributed by atoms with Crippen LogP contribution in [0.25, 0.3) is 0 Å². The maximum atomic E-state index is 12.1. The molecule has 1 heterocycles. The van der Waals surface area contributed by atoms with E-state index in [0.29, 0.717) is 24.3 Å². The Balaban J connectivity index is 1.60. The molecule has 1 saturated heterocycles. The summed E-state index contributed by atoms with van der Waals surface area (Å²) in [5.41, 5.74) is 2.06. The van der Waals surface area contributed by atoms with Crippen molar-refractivity contribution in [3.63, 3.8) is 0 Å². The summed E-state index contributed by atoms with van der Waals surface area (Å²) in [5, 5.41) is 17.2. The first-order valence-electron chi connectivity index (χ1n) is 8.85. The van der Waals surface area contributed by atoms with Gasteiger partial charge < -0.3 is 15.5 Å². The number of amides is 1. The fourth-order valence-electron chi connectivity index (χ4n) is 3.10. The molecule has 0 radical (unpaired) electrons.